The van der Waals surface area contributed by atoms with E-state index in [1.807, 2.05) is 0 Å². The first-order chi connectivity index (χ1) is 12.3. The molecule has 0 radical (unpaired) electrons. The van der Waals surface area contributed by atoms with Gasteiger partial charge in [-0.25, -0.2) is 0 Å². The number of carbonyl (C=O) groups is 2. The van der Waals surface area contributed by atoms with E-state index in [1.165, 1.54) is 0 Å². The largest absolute Gasteiger partial charge is 0.432 e. The van der Waals surface area contributed by atoms with Gasteiger partial charge in [0, 0.05) is 13.0 Å². The number of hydrogen-bond donors (Lipinski definition) is 6. The maximum atomic E-state index is 11.2. The molecule has 148 valence electrons. The van der Waals surface area contributed by atoms with Crippen LogP contribution in [0.5, 0.6) is 0 Å². The quantitative estimate of drug-likeness (QED) is 0.247. The molecule has 12 heteroatoms. The lowest BCUT2D eigenvalue weighted by molar-refractivity contribution is -0.311. The second-order valence-corrected chi connectivity index (χ2v) is 5.73. The highest BCUT2D eigenvalue weighted by Gasteiger charge is 2.48. The molecule has 12 nitrogen and oxygen atoms in total. The fourth-order valence-corrected chi connectivity index (χ4v) is 2.64. The SMILES string of the molecule is CC(=O)NC1C(O)OC(CO)C(OC2OC(OC=O)=CC(O)C2O)C1O. The van der Waals surface area contributed by atoms with Gasteiger partial charge in [0.2, 0.25) is 12.2 Å². The van der Waals surface area contributed by atoms with Crippen LogP contribution < -0.4 is 5.32 Å². The zero-order valence-corrected chi connectivity index (χ0v) is 13.7. The minimum atomic E-state index is -1.62. The molecule has 0 bridgehead atoms. The van der Waals surface area contributed by atoms with E-state index in [4.69, 9.17) is 14.2 Å². The van der Waals surface area contributed by atoms with Crippen molar-refractivity contribution in [3.05, 3.63) is 12.0 Å². The van der Waals surface area contributed by atoms with Crippen LogP contribution >= 0.6 is 0 Å². The van der Waals surface area contributed by atoms with Crippen molar-refractivity contribution in [3.63, 3.8) is 0 Å². The average Bonchev–Trinajstić information content (AvgIpc) is 2.58. The molecule has 0 saturated carbocycles. The topological polar surface area (TPSA) is 184 Å². The minimum Gasteiger partial charge on any atom is -0.432 e. The highest BCUT2D eigenvalue weighted by Crippen LogP contribution is 2.27. The summed E-state index contributed by atoms with van der Waals surface area (Å²) < 4.78 is 20.0. The zero-order chi connectivity index (χ0) is 19.4. The van der Waals surface area contributed by atoms with Gasteiger partial charge >= 0.3 is 6.47 Å². The lowest BCUT2D eigenvalue weighted by Crippen LogP contribution is -2.65. The fourth-order valence-electron chi connectivity index (χ4n) is 2.64. The van der Waals surface area contributed by atoms with Gasteiger partial charge in [0.25, 0.3) is 5.95 Å². The highest BCUT2D eigenvalue weighted by molar-refractivity contribution is 5.73. The van der Waals surface area contributed by atoms with Gasteiger partial charge < -0.3 is 49.8 Å². The maximum Gasteiger partial charge on any atom is 0.300 e. The lowest BCUT2D eigenvalue weighted by Gasteiger charge is -2.44. The van der Waals surface area contributed by atoms with Crippen molar-refractivity contribution in [1.29, 1.82) is 0 Å². The van der Waals surface area contributed by atoms with E-state index in [0.29, 0.717) is 0 Å². The molecular weight excluding hydrogens is 358 g/mol. The van der Waals surface area contributed by atoms with E-state index in [1.54, 1.807) is 0 Å². The highest BCUT2D eigenvalue weighted by atomic mass is 16.8. The third-order valence-corrected chi connectivity index (χ3v) is 3.87. The van der Waals surface area contributed by atoms with Crippen molar-refractivity contribution in [2.75, 3.05) is 6.61 Å². The predicted octanol–water partition coefficient (Wildman–Crippen LogP) is -3.96. The van der Waals surface area contributed by atoms with Crippen LogP contribution in [0.15, 0.2) is 12.0 Å². The first kappa shape index (κ1) is 20.5. The number of ether oxygens (including phenoxy) is 4. The van der Waals surface area contributed by atoms with Gasteiger partial charge in [-0.15, -0.1) is 0 Å². The molecule has 2 rings (SSSR count). The molecule has 2 aliphatic heterocycles. The molecule has 1 saturated heterocycles. The Labute approximate surface area is 147 Å². The number of hydrogen-bond acceptors (Lipinski definition) is 11. The molecule has 2 heterocycles. The number of aliphatic hydroxyl groups is 5. The second kappa shape index (κ2) is 8.73. The van der Waals surface area contributed by atoms with Gasteiger partial charge in [0.05, 0.1) is 6.61 Å². The van der Waals surface area contributed by atoms with Crippen LogP contribution in [0.4, 0.5) is 0 Å². The number of aliphatic hydroxyl groups excluding tert-OH is 5. The van der Waals surface area contributed by atoms with Gasteiger partial charge in [-0.2, -0.15) is 0 Å². The van der Waals surface area contributed by atoms with Crippen molar-refractivity contribution in [3.8, 4) is 0 Å². The smallest absolute Gasteiger partial charge is 0.300 e. The average molecular weight is 379 g/mol. The molecule has 0 spiro atoms. The summed E-state index contributed by atoms with van der Waals surface area (Å²) >= 11 is 0. The number of carbonyl (C=O) groups excluding carboxylic acids is 2. The molecule has 6 N–H and O–H groups in total. The molecule has 0 aliphatic carbocycles. The predicted molar refractivity (Wildman–Crippen MR) is 78.6 cm³/mol. The van der Waals surface area contributed by atoms with Gasteiger partial charge in [0.15, 0.2) is 6.29 Å². The Kier molecular flexibility index (Phi) is 6.88. The van der Waals surface area contributed by atoms with Gasteiger partial charge in [0.1, 0.15) is 36.6 Å². The monoisotopic (exact) mass is 379 g/mol. The molecule has 8 atom stereocenters. The van der Waals surface area contributed by atoms with E-state index in [0.717, 1.165) is 13.0 Å². The molecule has 26 heavy (non-hydrogen) atoms. The van der Waals surface area contributed by atoms with Crippen molar-refractivity contribution >= 4 is 12.4 Å². The van der Waals surface area contributed by atoms with Crippen LogP contribution in [-0.4, -0.2) is 93.7 Å². The third kappa shape index (κ3) is 4.48. The van der Waals surface area contributed by atoms with Crippen molar-refractivity contribution in [2.24, 2.45) is 0 Å². The normalized spacial score (nSPS) is 40.2. The van der Waals surface area contributed by atoms with Crippen LogP contribution in [0, 0.1) is 0 Å². The Morgan fingerprint density at radius 1 is 1.31 bits per heavy atom. The third-order valence-electron chi connectivity index (χ3n) is 3.87. The summed E-state index contributed by atoms with van der Waals surface area (Å²) in [5.74, 6) is -1.00. The standard InChI is InChI=1S/C14H21NO11/c1-5(18)15-9-11(21)12(7(3-16)24-13(9)22)26-14-10(20)6(19)2-8(25-14)23-4-17/h2,4,6-7,9-14,16,19-22H,3H2,1H3,(H,15,18). The van der Waals surface area contributed by atoms with E-state index in [-0.39, 0.29) is 6.47 Å². The zero-order valence-electron chi connectivity index (χ0n) is 13.7. The Balaban J connectivity index is 2.17. The van der Waals surface area contributed by atoms with E-state index in [9.17, 15) is 35.1 Å². The molecule has 2 aliphatic rings. The molecule has 0 aromatic heterocycles. The van der Waals surface area contributed by atoms with Crippen LogP contribution in [0.3, 0.4) is 0 Å². The van der Waals surface area contributed by atoms with Crippen LogP contribution in [0.25, 0.3) is 0 Å². The number of nitrogens with one attached hydrogen (secondary N) is 1. The van der Waals surface area contributed by atoms with E-state index in [2.05, 4.69) is 10.1 Å². The van der Waals surface area contributed by atoms with Gasteiger partial charge in [-0.3, -0.25) is 9.59 Å². The summed E-state index contributed by atoms with van der Waals surface area (Å²) in [6.07, 6.45) is -9.59. The van der Waals surface area contributed by atoms with Crippen molar-refractivity contribution in [1.82, 2.24) is 5.32 Å². The van der Waals surface area contributed by atoms with Crippen molar-refractivity contribution in [2.45, 2.75) is 56.1 Å². The van der Waals surface area contributed by atoms with Crippen LogP contribution in [-0.2, 0) is 28.5 Å². The summed E-state index contributed by atoms with van der Waals surface area (Å²) in [6, 6.07) is -1.29. The minimum absolute atomic E-state index is 0.0333. The summed E-state index contributed by atoms with van der Waals surface area (Å²) in [4.78, 5) is 21.6. The van der Waals surface area contributed by atoms with E-state index >= 15 is 0 Å². The Morgan fingerprint density at radius 3 is 2.58 bits per heavy atom. The summed E-state index contributed by atoms with van der Waals surface area (Å²) in [7, 11) is 0. The Morgan fingerprint density at radius 2 is 2.00 bits per heavy atom. The summed E-state index contributed by atoms with van der Waals surface area (Å²) in [6.45, 7) is 0.516. The first-order valence-electron chi connectivity index (χ1n) is 7.68. The molecule has 0 aromatic rings. The summed E-state index contributed by atoms with van der Waals surface area (Å²) in [5, 5.41) is 51.7. The molecule has 0 aromatic carbocycles. The molecule has 1 fully saturated rings. The van der Waals surface area contributed by atoms with Gasteiger partial charge in [-0.05, 0) is 0 Å². The van der Waals surface area contributed by atoms with Gasteiger partial charge in [-0.1, -0.05) is 0 Å². The maximum absolute atomic E-state index is 11.2. The first-order valence-corrected chi connectivity index (χ1v) is 7.68. The molecule has 1 amide bonds. The fraction of sp³-hybridized carbons (Fsp3) is 0.714. The van der Waals surface area contributed by atoms with Crippen LogP contribution in [0.1, 0.15) is 6.92 Å². The summed E-state index contributed by atoms with van der Waals surface area (Å²) in [5.41, 5.74) is 0. The second-order valence-electron chi connectivity index (χ2n) is 5.73. The molecule has 8 unspecified atom stereocenters. The Bertz CT molecular complexity index is 541. The Hall–Kier alpha value is -1.80. The lowest BCUT2D eigenvalue weighted by atomic mass is 9.96. The number of rotatable bonds is 6. The van der Waals surface area contributed by atoms with E-state index < -0.39 is 67.6 Å². The molecular formula is C14H21NO11. The number of amides is 1. The van der Waals surface area contributed by atoms with Crippen LogP contribution in [0.2, 0.25) is 0 Å². The van der Waals surface area contributed by atoms with Crippen molar-refractivity contribution < 1.29 is 54.1 Å².